The number of carbonyl (C=O) groups is 2. The van der Waals surface area contributed by atoms with Crippen molar-refractivity contribution in [1.29, 1.82) is 0 Å². The van der Waals surface area contributed by atoms with Crippen molar-refractivity contribution in [1.82, 2.24) is 9.62 Å². The van der Waals surface area contributed by atoms with Gasteiger partial charge in [0, 0.05) is 5.69 Å². The van der Waals surface area contributed by atoms with Crippen LogP contribution in [0.15, 0.2) is 23.1 Å². The molecule has 1 heterocycles. The Morgan fingerprint density at radius 2 is 2.08 bits per heavy atom. The summed E-state index contributed by atoms with van der Waals surface area (Å²) >= 11 is 0. The molecule has 2 rings (SSSR count). The van der Waals surface area contributed by atoms with E-state index in [0.29, 0.717) is 24.2 Å². The molecule has 1 aliphatic rings. The van der Waals surface area contributed by atoms with E-state index in [0.717, 1.165) is 6.42 Å². The number of nitrogens with one attached hydrogen (secondary N) is 2. The summed E-state index contributed by atoms with van der Waals surface area (Å²) in [4.78, 5) is 25.0. The van der Waals surface area contributed by atoms with Crippen molar-refractivity contribution in [3.05, 3.63) is 23.8 Å². The van der Waals surface area contributed by atoms with Crippen molar-refractivity contribution in [2.75, 3.05) is 25.5 Å². The van der Waals surface area contributed by atoms with Crippen LogP contribution in [0, 0.1) is 6.92 Å². The molecule has 1 aliphatic heterocycles. The number of carboxylic acids is 1. The minimum Gasteiger partial charge on any atom is -0.480 e. The molecule has 1 fully saturated rings. The fourth-order valence-electron chi connectivity index (χ4n) is 2.76. The molecule has 0 spiro atoms. The fourth-order valence-corrected chi connectivity index (χ4v) is 3.75. The highest BCUT2D eigenvalue weighted by atomic mass is 32.2. The molecule has 0 bridgehead atoms. The first-order valence-electron chi connectivity index (χ1n) is 7.55. The first kappa shape index (κ1) is 18.4. The standard InChI is InChI=1S/C15H21N3O5S/c1-10-5-6-11(8-13(10)24(22,23)16-2)17-14(19)9-18-7-3-4-12(18)15(20)21/h5-6,8,12,16H,3-4,7,9H2,1-2H3,(H,17,19)(H,20,21). The number of amides is 1. The Kier molecular flexibility index (Phi) is 5.58. The lowest BCUT2D eigenvalue weighted by atomic mass is 10.2. The van der Waals surface area contributed by atoms with Crippen LogP contribution in [0.25, 0.3) is 0 Å². The van der Waals surface area contributed by atoms with Crippen molar-refractivity contribution in [3.8, 4) is 0 Å². The quantitative estimate of drug-likeness (QED) is 0.680. The number of carboxylic acid groups (broad SMARTS) is 1. The number of aliphatic carboxylic acids is 1. The van der Waals surface area contributed by atoms with E-state index < -0.39 is 22.0 Å². The second-order valence-electron chi connectivity index (χ2n) is 5.70. The average Bonchev–Trinajstić information content (AvgIpc) is 2.97. The van der Waals surface area contributed by atoms with E-state index in [1.807, 2.05) is 0 Å². The van der Waals surface area contributed by atoms with Crippen LogP contribution >= 0.6 is 0 Å². The molecule has 0 saturated carbocycles. The molecular weight excluding hydrogens is 334 g/mol. The van der Waals surface area contributed by atoms with Crippen LogP contribution in [0.5, 0.6) is 0 Å². The van der Waals surface area contributed by atoms with Gasteiger partial charge in [-0.1, -0.05) is 6.07 Å². The molecule has 9 heteroatoms. The number of likely N-dealkylation sites (tertiary alicyclic amines) is 1. The lowest BCUT2D eigenvalue weighted by Crippen LogP contribution is -2.40. The van der Waals surface area contributed by atoms with E-state index in [1.165, 1.54) is 13.1 Å². The second-order valence-corrected chi connectivity index (χ2v) is 7.56. The summed E-state index contributed by atoms with van der Waals surface area (Å²) < 4.78 is 26.2. The molecule has 3 N–H and O–H groups in total. The van der Waals surface area contributed by atoms with E-state index in [2.05, 4.69) is 10.0 Å². The zero-order valence-electron chi connectivity index (χ0n) is 13.6. The molecule has 1 amide bonds. The number of hydrogen-bond acceptors (Lipinski definition) is 5. The summed E-state index contributed by atoms with van der Waals surface area (Å²) in [5, 5.41) is 11.7. The monoisotopic (exact) mass is 355 g/mol. The van der Waals surface area contributed by atoms with Gasteiger partial charge in [0.25, 0.3) is 0 Å². The van der Waals surface area contributed by atoms with Crippen LogP contribution < -0.4 is 10.0 Å². The van der Waals surface area contributed by atoms with Gasteiger partial charge >= 0.3 is 5.97 Å². The lowest BCUT2D eigenvalue weighted by Gasteiger charge is -2.20. The number of aryl methyl sites for hydroxylation is 1. The highest BCUT2D eigenvalue weighted by Gasteiger charge is 2.31. The molecular formula is C15H21N3O5S. The molecule has 24 heavy (non-hydrogen) atoms. The van der Waals surface area contributed by atoms with Crippen molar-refractivity contribution in [2.24, 2.45) is 0 Å². The molecule has 1 aromatic carbocycles. The van der Waals surface area contributed by atoms with Gasteiger partial charge in [0.2, 0.25) is 15.9 Å². The highest BCUT2D eigenvalue weighted by molar-refractivity contribution is 7.89. The molecule has 1 unspecified atom stereocenters. The molecule has 0 radical (unpaired) electrons. The predicted molar refractivity (Wildman–Crippen MR) is 88.3 cm³/mol. The SMILES string of the molecule is CNS(=O)(=O)c1cc(NC(=O)CN2CCCC2C(=O)O)ccc1C. The molecule has 0 aliphatic carbocycles. The average molecular weight is 355 g/mol. The maximum absolute atomic E-state index is 12.1. The van der Waals surface area contributed by atoms with Crippen LogP contribution in [0.1, 0.15) is 18.4 Å². The van der Waals surface area contributed by atoms with Gasteiger partial charge in [0.1, 0.15) is 6.04 Å². The zero-order valence-corrected chi connectivity index (χ0v) is 14.4. The van der Waals surface area contributed by atoms with Gasteiger partial charge in [-0.05, 0) is 51.1 Å². The third-order valence-corrected chi connectivity index (χ3v) is 5.58. The third kappa shape index (κ3) is 4.11. The number of sulfonamides is 1. The second kappa shape index (κ2) is 7.29. The van der Waals surface area contributed by atoms with E-state index in [4.69, 9.17) is 5.11 Å². The molecule has 132 valence electrons. The molecule has 1 saturated heterocycles. The van der Waals surface area contributed by atoms with Crippen molar-refractivity contribution in [2.45, 2.75) is 30.7 Å². The van der Waals surface area contributed by atoms with Gasteiger partial charge in [-0.25, -0.2) is 13.1 Å². The largest absolute Gasteiger partial charge is 0.480 e. The lowest BCUT2D eigenvalue weighted by molar-refractivity contribution is -0.142. The summed E-state index contributed by atoms with van der Waals surface area (Å²) in [5.41, 5.74) is 0.915. The van der Waals surface area contributed by atoms with E-state index in [1.54, 1.807) is 24.0 Å². The summed E-state index contributed by atoms with van der Waals surface area (Å²) in [6.45, 7) is 2.17. The van der Waals surface area contributed by atoms with Crippen LogP contribution in [0.3, 0.4) is 0 Å². The maximum Gasteiger partial charge on any atom is 0.320 e. The predicted octanol–water partition coefficient (Wildman–Crippen LogP) is 0.391. The van der Waals surface area contributed by atoms with Gasteiger partial charge in [0.05, 0.1) is 11.4 Å². The number of benzene rings is 1. The van der Waals surface area contributed by atoms with Crippen LogP contribution in [0.2, 0.25) is 0 Å². The third-order valence-electron chi connectivity index (χ3n) is 4.03. The number of nitrogens with zero attached hydrogens (tertiary/aromatic N) is 1. The van der Waals surface area contributed by atoms with Gasteiger partial charge in [-0.15, -0.1) is 0 Å². The van der Waals surface area contributed by atoms with E-state index in [9.17, 15) is 18.0 Å². The van der Waals surface area contributed by atoms with Gasteiger partial charge in [-0.3, -0.25) is 14.5 Å². The van der Waals surface area contributed by atoms with Gasteiger partial charge < -0.3 is 10.4 Å². The van der Waals surface area contributed by atoms with Crippen molar-refractivity contribution in [3.63, 3.8) is 0 Å². The van der Waals surface area contributed by atoms with Crippen LogP contribution in [-0.4, -0.2) is 56.5 Å². The minimum atomic E-state index is -3.62. The Morgan fingerprint density at radius 1 is 1.38 bits per heavy atom. The number of carbonyl (C=O) groups excluding carboxylic acids is 1. The number of anilines is 1. The zero-order chi connectivity index (χ0) is 17.9. The summed E-state index contributed by atoms with van der Waals surface area (Å²) in [7, 11) is -2.30. The van der Waals surface area contributed by atoms with E-state index >= 15 is 0 Å². The van der Waals surface area contributed by atoms with E-state index in [-0.39, 0.29) is 17.3 Å². The van der Waals surface area contributed by atoms with Crippen molar-refractivity contribution < 1.29 is 23.1 Å². The van der Waals surface area contributed by atoms with Crippen molar-refractivity contribution >= 4 is 27.6 Å². The minimum absolute atomic E-state index is 0.0427. The number of hydrogen-bond donors (Lipinski definition) is 3. The first-order valence-corrected chi connectivity index (χ1v) is 9.04. The Hall–Kier alpha value is -1.97. The summed E-state index contributed by atoms with van der Waals surface area (Å²) in [5.74, 6) is -1.31. The molecule has 1 atom stereocenters. The van der Waals surface area contributed by atoms with Crippen LogP contribution in [-0.2, 0) is 19.6 Å². The highest BCUT2D eigenvalue weighted by Crippen LogP contribution is 2.21. The first-order chi connectivity index (χ1) is 11.2. The summed E-state index contributed by atoms with van der Waals surface area (Å²) in [6, 6.07) is 3.96. The Morgan fingerprint density at radius 3 is 2.71 bits per heavy atom. The molecule has 1 aromatic rings. The molecule has 8 nitrogen and oxygen atoms in total. The Bertz CT molecular complexity index is 747. The summed E-state index contributed by atoms with van der Waals surface area (Å²) in [6.07, 6.45) is 1.26. The van der Waals surface area contributed by atoms with Crippen LogP contribution in [0.4, 0.5) is 5.69 Å². The van der Waals surface area contributed by atoms with Gasteiger partial charge in [0.15, 0.2) is 0 Å². The van der Waals surface area contributed by atoms with Gasteiger partial charge in [-0.2, -0.15) is 0 Å². The fraction of sp³-hybridized carbons (Fsp3) is 0.467. The topological polar surface area (TPSA) is 116 Å². The smallest absolute Gasteiger partial charge is 0.320 e. The Labute approximate surface area is 140 Å². The molecule has 0 aromatic heterocycles. The number of rotatable bonds is 6. The Balaban J connectivity index is 2.10. The maximum atomic E-state index is 12.1. The normalized spacial score (nSPS) is 18.5.